The van der Waals surface area contributed by atoms with Gasteiger partial charge in [0.2, 0.25) is 5.91 Å². The number of hydrogen-bond acceptors (Lipinski definition) is 4. The van der Waals surface area contributed by atoms with Gasteiger partial charge in [0.05, 0.1) is 5.69 Å². The molecule has 82 valence electrons. The molecule has 0 saturated carbocycles. The quantitative estimate of drug-likeness (QED) is 0.776. The Labute approximate surface area is 93.5 Å². The molecule has 2 heterocycles. The second-order valence-electron chi connectivity index (χ2n) is 3.74. The van der Waals surface area contributed by atoms with Crippen molar-refractivity contribution in [1.82, 2.24) is 4.98 Å². The monoisotopic (exact) mass is 216 g/mol. The van der Waals surface area contributed by atoms with E-state index in [1.54, 1.807) is 18.3 Å². The van der Waals surface area contributed by atoms with E-state index in [1.807, 2.05) is 11.0 Å². The third kappa shape index (κ3) is 1.70. The lowest BCUT2D eigenvalue weighted by Crippen LogP contribution is -2.40. The van der Waals surface area contributed by atoms with Gasteiger partial charge in [-0.15, -0.1) is 0 Å². The predicted molar refractivity (Wildman–Crippen MR) is 58.5 cm³/mol. The van der Waals surface area contributed by atoms with Crippen molar-refractivity contribution in [1.29, 1.82) is 5.26 Å². The molecule has 5 nitrogen and oxygen atoms in total. The van der Waals surface area contributed by atoms with Crippen molar-refractivity contribution in [2.24, 2.45) is 5.73 Å². The third-order valence-electron chi connectivity index (χ3n) is 2.78. The van der Waals surface area contributed by atoms with Crippen molar-refractivity contribution < 1.29 is 4.79 Å². The summed E-state index contributed by atoms with van der Waals surface area (Å²) in [6, 6.07) is 5.27. The summed E-state index contributed by atoms with van der Waals surface area (Å²) >= 11 is 0. The van der Waals surface area contributed by atoms with Crippen LogP contribution in [0.4, 0.5) is 5.69 Å². The average molecular weight is 216 g/mol. The molecule has 0 aliphatic carbocycles. The Kier molecular flexibility index (Phi) is 2.73. The van der Waals surface area contributed by atoms with Gasteiger partial charge in [-0.2, -0.15) is 5.26 Å². The third-order valence-corrected chi connectivity index (χ3v) is 2.78. The molecule has 2 N–H and O–H groups in total. The van der Waals surface area contributed by atoms with Crippen LogP contribution < -0.4 is 10.6 Å². The first kappa shape index (κ1) is 10.4. The summed E-state index contributed by atoms with van der Waals surface area (Å²) in [6.45, 7) is 0.744. The highest BCUT2D eigenvalue weighted by atomic mass is 16.1. The summed E-state index contributed by atoms with van der Waals surface area (Å²) in [5.41, 5.74) is 6.38. The molecule has 0 radical (unpaired) electrons. The zero-order valence-corrected chi connectivity index (χ0v) is 8.76. The van der Waals surface area contributed by atoms with Crippen LogP contribution in [0, 0.1) is 11.3 Å². The number of rotatable bonds is 2. The largest absolute Gasteiger partial charge is 0.368 e. The second-order valence-corrected chi connectivity index (χ2v) is 3.74. The molecule has 0 bridgehead atoms. The second kappa shape index (κ2) is 4.19. The minimum absolute atomic E-state index is 0.309. The maximum absolute atomic E-state index is 11.3. The van der Waals surface area contributed by atoms with Crippen LogP contribution in [0.3, 0.4) is 0 Å². The summed E-state index contributed by atoms with van der Waals surface area (Å²) in [5.74, 6) is -0.342. The first-order chi connectivity index (χ1) is 7.74. The molecule has 16 heavy (non-hydrogen) atoms. The number of nitrogens with zero attached hydrogens (tertiary/aromatic N) is 3. The number of hydrogen-bond donors (Lipinski definition) is 1. The lowest BCUT2D eigenvalue weighted by atomic mass is 10.2. The molecule has 1 saturated heterocycles. The molecule has 1 aromatic rings. The van der Waals surface area contributed by atoms with Crippen LogP contribution in [0.25, 0.3) is 0 Å². The van der Waals surface area contributed by atoms with Crippen LogP contribution in [-0.2, 0) is 4.79 Å². The number of nitriles is 1. The van der Waals surface area contributed by atoms with E-state index < -0.39 is 0 Å². The van der Waals surface area contributed by atoms with Crippen LogP contribution in [0.15, 0.2) is 18.3 Å². The van der Waals surface area contributed by atoms with Crippen LogP contribution in [0.1, 0.15) is 18.5 Å². The van der Waals surface area contributed by atoms with E-state index in [0.29, 0.717) is 11.4 Å². The van der Waals surface area contributed by atoms with Gasteiger partial charge in [-0.25, -0.2) is 4.98 Å². The molecule has 1 aliphatic heterocycles. The Morgan fingerprint density at radius 3 is 3.19 bits per heavy atom. The Balaban J connectivity index is 2.37. The Morgan fingerprint density at radius 1 is 1.69 bits per heavy atom. The number of anilines is 1. The average Bonchev–Trinajstić information content (AvgIpc) is 2.77. The van der Waals surface area contributed by atoms with Gasteiger partial charge in [-0.1, -0.05) is 0 Å². The van der Waals surface area contributed by atoms with Crippen LogP contribution in [0.2, 0.25) is 0 Å². The first-order valence-electron chi connectivity index (χ1n) is 5.15. The number of amides is 1. The highest BCUT2D eigenvalue weighted by molar-refractivity contribution is 5.84. The van der Waals surface area contributed by atoms with Crippen molar-refractivity contribution in [3.63, 3.8) is 0 Å². The summed E-state index contributed by atoms with van der Waals surface area (Å²) < 4.78 is 0. The van der Waals surface area contributed by atoms with Crippen LogP contribution in [0.5, 0.6) is 0 Å². The van der Waals surface area contributed by atoms with Crippen molar-refractivity contribution in [3.05, 3.63) is 24.0 Å². The summed E-state index contributed by atoms with van der Waals surface area (Å²) in [4.78, 5) is 17.1. The molecule has 5 heteroatoms. The van der Waals surface area contributed by atoms with Crippen molar-refractivity contribution in [2.75, 3.05) is 11.4 Å². The minimum Gasteiger partial charge on any atom is -0.368 e. The van der Waals surface area contributed by atoms with Gasteiger partial charge < -0.3 is 10.6 Å². The normalized spacial score (nSPS) is 19.4. The highest BCUT2D eigenvalue weighted by Gasteiger charge is 2.30. The summed E-state index contributed by atoms with van der Waals surface area (Å²) in [5, 5.41) is 8.95. The molecule has 1 atom stereocenters. The number of carbonyl (C=O) groups is 1. The fourth-order valence-corrected chi connectivity index (χ4v) is 2.07. The number of nitrogens with two attached hydrogens (primary N) is 1. The fraction of sp³-hybridized carbons (Fsp3) is 0.364. The topological polar surface area (TPSA) is 83.0 Å². The van der Waals surface area contributed by atoms with E-state index in [-0.39, 0.29) is 11.9 Å². The van der Waals surface area contributed by atoms with E-state index in [9.17, 15) is 4.79 Å². The van der Waals surface area contributed by atoms with E-state index in [2.05, 4.69) is 4.98 Å². The Hall–Kier alpha value is -2.09. The Bertz CT molecular complexity index is 452. The van der Waals surface area contributed by atoms with Gasteiger partial charge in [0.25, 0.3) is 0 Å². The Morgan fingerprint density at radius 2 is 2.50 bits per heavy atom. The fourth-order valence-electron chi connectivity index (χ4n) is 2.07. The highest BCUT2D eigenvalue weighted by Crippen LogP contribution is 2.26. The van der Waals surface area contributed by atoms with Crippen molar-refractivity contribution in [3.8, 4) is 6.07 Å². The molecule has 1 fully saturated rings. The molecule has 0 aromatic carbocycles. The zero-order chi connectivity index (χ0) is 11.5. The van der Waals surface area contributed by atoms with Gasteiger partial charge in [-0.3, -0.25) is 4.79 Å². The summed E-state index contributed by atoms with van der Waals surface area (Å²) in [7, 11) is 0. The lowest BCUT2D eigenvalue weighted by molar-refractivity contribution is -0.119. The minimum atomic E-state index is -0.342. The number of pyridine rings is 1. The maximum Gasteiger partial charge on any atom is 0.240 e. The number of aromatic nitrogens is 1. The lowest BCUT2D eigenvalue weighted by Gasteiger charge is -2.24. The van der Waals surface area contributed by atoms with Crippen LogP contribution >= 0.6 is 0 Å². The first-order valence-corrected chi connectivity index (χ1v) is 5.15. The van der Waals surface area contributed by atoms with E-state index in [4.69, 9.17) is 11.0 Å². The molecule has 2 rings (SSSR count). The number of carbonyl (C=O) groups excluding carboxylic acids is 1. The summed E-state index contributed by atoms with van der Waals surface area (Å²) in [6.07, 6.45) is 3.22. The van der Waals surface area contributed by atoms with E-state index in [1.165, 1.54) is 0 Å². The van der Waals surface area contributed by atoms with E-state index >= 15 is 0 Å². The van der Waals surface area contributed by atoms with Gasteiger partial charge in [0.1, 0.15) is 12.1 Å². The van der Waals surface area contributed by atoms with Gasteiger partial charge in [0.15, 0.2) is 5.69 Å². The SMILES string of the molecule is N#Cc1ncccc1N1CCCC1C(N)=O. The van der Waals surface area contributed by atoms with Crippen molar-refractivity contribution in [2.45, 2.75) is 18.9 Å². The van der Waals surface area contributed by atoms with Crippen molar-refractivity contribution >= 4 is 11.6 Å². The molecule has 1 aliphatic rings. The maximum atomic E-state index is 11.3. The van der Waals surface area contributed by atoms with Crippen LogP contribution in [-0.4, -0.2) is 23.5 Å². The molecular formula is C11H12N4O. The molecule has 1 aromatic heterocycles. The predicted octanol–water partition coefficient (Wildman–Crippen LogP) is 0.407. The van der Waals surface area contributed by atoms with Gasteiger partial charge in [0, 0.05) is 12.7 Å². The van der Waals surface area contributed by atoms with Gasteiger partial charge >= 0.3 is 0 Å². The molecule has 1 unspecified atom stereocenters. The number of primary amides is 1. The molecule has 0 spiro atoms. The standard InChI is InChI=1S/C11H12N4O/c12-7-8-9(3-1-5-14-8)15-6-2-4-10(15)11(13)16/h1,3,5,10H,2,4,6H2,(H2,13,16). The van der Waals surface area contributed by atoms with Gasteiger partial charge in [-0.05, 0) is 25.0 Å². The smallest absolute Gasteiger partial charge is 0.240 e. The molecule has 1 amide bonds. The zero-order valence-electron chi connectivity index (χ0n) is 8.76. The van der Waals surface area contributed by atoms with E-state index in [0.717, 1.165) is 19.4 Å². The molecular weight excluding hydrogens is 204 g/mol.